The zero-order valence-electron chi connectivity index (χ0n) is 17.9. The van der Waals surface area contributed by atoms with E-state index in [4.69, 9.17) is 4.98 Å². The van der Waals surface area contributed by atoms with Crippen molar-refractivity contribution in [2.45, 2.75) is 75.7 Å². The summed E-state index contributed by atoms with van der Waals surface area (Å²) in [6.07, 6.45) is 7.53. The third-order valence-electron chi connectivity index (χ3n) is 6.61. The van der Waals surface area contributed by atoms with Gasteiger partial charge in [-0.05, 0) is 63.5 Å². The van der Waals surface area contributed by atoms with Crippen molar-refractivity contribution >= 4 is 28.7 Å². The number of fused-ring (bicyclic) bond motifs is 1. The molecule has 170 valence electrons. The summed E-state index contributed by atoms with van der Waals surface area (Å²) in [5.41, 5.74) is 1.69. The molecule has 9 heteroatoms. The highest BCUT2D eigenvalue weighted by Gasteiger charge is 2.27. The van der Waals surface area contributed by atoms with Crippen LogP contribution in [0.5, 0.6) is 0 Å². The molecular formula is C23H29FN6O2. The van der Waals surface area contributed by atoms with Crippen LogP contribution in [0.3, 0.4) is 0 Å². The number of aromatic nitrogens is 4. The van der Waals surface area contributed by atoms with Crippen LogP contribution < -0.4 is 10.6 Å². The molecule has 2 aliphatic carbocycles. The molecule has 0 aliphatic heterocycles. The highest BCUT2D eigenvalue weighted by molar-refractivity contribution is 5.76. The van der Waals surface area contributed by atoms with Gasteiger partial charge in [-0.15, -0.1) is 0 Å². The lowest BCUT2D eigenvalue weighted by Crippen LogP contribution is -2.29. The van der Waals surface area contributed by atoms with Crippen molar-refractivity contribution in [1.82, 2.24) is 19.5 Å². The summed E-state index contributed by atoms with van der Waals surface area (Å²) in [4.78, 5) is 13.9. The van der Waals surface area contributed by atoms with Gasteiger partial charge in [0.2, 0.25) is 11.9 Å². The van der Waals surface area contributed by atoms with Gasteiger partial charge in [-0.25, -0.2) is 14.4 Å². The Morgan fingerprint density at radius 2 is 1.59 bits per heavy atom. The van der Waals surface area contributed by atoms with Gasteiger partial charge in [0.15, 0.2) is 5.65 Å². The van der Waals surface area contributed by atoms with Crippen LogP contribution in [0.25, 0.3) is 11.2 Å². The van der Waals surface area contributed by atoms with Crippen molar-refractivity contribution in [3.63, 3.8) is 0 Å². The van der Waals surface area contributed by atoms with Gasteiger partial charge in [0.1, 0.15) is 11.3 Å². The number of para-hydroxylation sites is 1. The van der Waals surface area contributed by atoms with Gasteiger partial charge >= 0.3 is 0 Å². The first-order valence-corrected chi connectivity index (χ1v) is 11.5. The van der Waals surface area contributed by atoms with Gasteiger partial charge in [-0.3, -0.25) is 4.57 Å². The van der Waals surface area contributed by atoms with E-state index in [0.717, 1.165) is 38.5 Å². The van der Waals surface area contributed by atoms with E-state index in [-0.39, 0.29) is 30.1 Å². The molecule has 4 N–H and O–H groups in total. The van der Waals surface area contributed by atoms with Crippen molar-refractivity contribution in [2.75, 3.05) is 10.6 Å². The minimum atomic E-state index is -0.349. The molecule has 2 saturated carbocycles. The Morgan fingerprint density at radius 3 is 2.31 bits per heavy atom. The lowest BCUT2D eigenvalue weighted by molar-refractivity contribution is 0.112. The molecule has 3 aromatic rings. The van der Waals surface area contributed by atoms with E-state index >= 15 is 0 Å². The van der Waals surface area contributed by atoms with Crippen molar-refractivity contribution in [3.8, 4) is 0 Å². The Morgan fingerprint density at radius 1 is 0.906 bits per heavy atom. The number of anilines is 3. The number of hydrogen-bond donors (Lipinski definition) is 4. The maximum atomic E-state index is 14.3. The van der Waals surface area contributed by atoms with Crippen LogP contribution in [0.4, 0.5) is 22.0 Å². The van der Waals surface area contributed by atoms with E-state index in [1.54, 1.807) is 24.4 Å². The lowest BCUT2D eigenvalue weighted by atomic mass is 9.93. The monoisotopic (exact) mass is 440 g/mol. The summed E-state index contributed by atoms with van der Waals surface area (Å²) >= 11 is 0. The van der Waals surface area contributed by atoms with E-state index in [1.807, 2.05) is 4.57 Å². The van der Waals surface area contributed by atoms with Gasteiger partial charge in [0.25, 0.3) is 0 Å². The molecule has 8 nitrogen and oxygen atoms in total. The molecule has 0 unspecified atom stereocenters. The number of imidazole rings is 1. The second-order valence-corrected chi connectivity index (χ2v) is 8.92. The first-order valence-electron chi connectivity index (χ1n) is 11.5. The quantitative estimate of drug-likeness (QED) is 0.476. The standard InChI is InChI=1S/C23H29FN6O2/c24-18-3-1-2-4-19(18)27-23-28-20-13-25-22(26-14-5-9-16(31)10-6-14)29-21(20)30(23)15-7-11-17(32)12-8-15/h1-4,13-17,31-32H,5-12H2,(H,27,28)(H,25,26,29)/t14-,15-,16-,17-. The molecule has 1 aromatic carbocycles. The summed E-state index contributed by atoms with van der Waals surface area (Å²) < 4.78 is 16.4. The number of hydrogen-bond acceptors (Lipinski definition) is 7. The van der Waals surface area contributed by atoms with Gasteiger partial charge in [-0.2, -0.15) is 4.98 Å². The molecule has 0 bridgehead atoms. The van der Waals surface area contributed by atoms with Crippen molar-refractivity contribution < 1.29 is 14.6 Å². The third-order valence-corrected chi connectivity index (χ3v) is 6.61. The smallest absolute Gasteiger partial charge is 0.224 e. The number of rotatable bonds is 5. The predicted octanol–water partition coefficient (Wildman–Crippen LogP) is 3.90. The minimum absolute atomic E-state index is 0.102. The molecule has 2 fully saturated rings. The lowest BCUT2D eigenvalue weighted by Gasteiger charge is -2.28. The summed E-state index contributed by atoms with van der Waals surface area (Å²) in [7, 11) is 0. The molecule has 0 amide bonds. The van der Waals surface area contributed by atoms with Crippen molar-refractivity contribution in [2.24, 2.45) is 0 Å². The highest BCUT2D eigenvalue weighted by Crippen LogP contribution is 2.35. The summed E-state index contributed by atoms with van der Waals surface area (Å²) in [6, 6.07) is 6.85. The Bertz CT molecular complexity index is 1070. The molecule has 0 radical (unpaired) electrons. The molecule has 32 heavy (non-hydrogen) atoms. The van der Waals surface area contributed by atoms with Crippen LogP contribution in [0.2, 0.25) is 0 Å². The Hall–Kier alpha value is -2.78. The molecule has 0 saturated heterocycles. The zero-order valence-corrected chi connectivity index (χ0v) is 17.9. The highest BCUT2D eigenvalue weighted by atomic mass is 19.1. The second kappa shape index (κ2) is 8.99. The Labute approximate surface area is 185 Å². The summed E-state index contributed by atoms with van der Waals surface area (Å²) in [5, 5.41) is 26.3. The van der Waals surface area contributed by atoms with Crippen molar-refractivity contribution in [1.29, 1.82) is 0 Å². The Kier molecular flexibility index (Phi) is 5.93. The van der Waals surface area contributed by atoms with E-state index in [0.29, 0.717) is 41.6 Å². The molecule has 5 rings (SSSR count). The summed E-state index contributed by atoms with van der Waals surface area (Å²) in [6.45, 7) is 0. The maximum Gasteiger partial charge on any atom is 0.224 e. The second-order valence-electron chi connectivity index (χ2n) is 8.92. The first kappa shape index (κ1) is 21.1. The Balaban J connectivity index is 1.49. The first-order chi connectivity index (χ1) is 15.6. The largest absolute Gasteiger partial charge is 0.393 e. The van der Waals surface area contributed by atoms with Gasteiger partial charge < -0.3 is 20.8 Å². The van der Waals surface area contributed by atoms with Crippen LogP contribution in [0.1, 0.15) is 57.4 Å². The number of benzene rings is 1. The van der Waals surface area contributed by atoms with Crippen LogP contribution in [-0.4, -0.2) is 48.0 Å². The fourth-order valence-corrected chi connectivity index (χ4v) is 4.80. The van der Waals surface area contributed by atoms with E-state index in [2.05, 4.69) is 20.6 Å². The van der Waals surface area contributed by atoms with Crippen molar-refractivity contribution in [3.05, 3.63) is 36.3 Å². The van der Waals surface area contributed by atoms with Crippen LogP contribution >= 0.6 is 0 Å². The van der Waals surface area contributed by atoms with Crippen LogP contribution in [0, 0.1) is 5.82 Å². The van der Waals surface area contributed by atoms with Gasteiger partial charge in [0, 0.05) is 12.1 Å². The van der Waals surface area contributed by atoms with Gasteiger partial charge in [-0.1, -0.05) is 12.1 Å². The predicted molar refractivity (Wildman–Crippen MR) is 120 cm³/mol. The topological polar surface area (TPSA) is 108 Å². The fraction of sp³-hybridized carbons (Fsp3) is 0.522. The SMILES string of the molecule is O[C@H]1CC[C@H](Nc2ncc3nc(Nc4ccccc4F)n([C@H]4CC[C@H](O)CC4)c3n2)CC1. The number of halogens is 1. The molecule has 2 aliphatic rings. The van der Waals surface area contributed by atoms with E-state index in [1.165, 1.54) is 6.07 Å². The normalized spacial score (nSPS) is 26.2. The number of aliphatic hydroxyl groups excluding tert-OH is 2. The third kappa shape index (κ3) is 4.40. The molecule has 2 aromatic heterocycles. The number of aliphatic hydroxyl groups is 2. The number of nitrogens with zero attached hydrogens (tertiary/aromatic N) is 4. The zero-order chi connectivity index (χ0) is 22.1. The van der Waals surface area contributed by atoms with Crippen LogP contribution in [0.15, 0.2) is 30.5 Å². The molecule has 0 atom stereocenters. The molecule has 2 heterocycles. The van der Waals surface area contributed by atoms with Crippen LogP contribution in [-0.2, 0) is 0 Å². The molecular weight excluding hydrogens is 411 g/mol. The summed E-state index contributed by atoms with van der Waals surface area (Å²) in [5.74, 6) is 0.713. The number of nitrogens with one attached hydrogen (secondary N) is 2. The fourth-order valence-electron chi connectivity index (χ4n) is 4.80. The van der Waals surface area contributed by atoms with E-state index in [9.17, 15) is 14.6 Å². The van der Waals surface area contributed by atoms with Gasteiger partial charge in [0.05, 0.1) is 24.1 Å². The average molecular weight is 441 g/mol. The minimum Gasteiger partial charge on any atom is -0.393 e. The molecule has 0 spiro atoms. The average Bonchev–Trinajstić information content (AvgIpc) is 3.15. The maximum absolute atomic E-state index is 14.3. The van der Waals surface area contributed by atoms with E-state index < -0.39 is 0 Å².